The van der Waals surface area contributed by atoms with Crippen LogP contribution in [-0.2, 0) is 11.2 Å². The molecule has 5 rings (SSSR count). The van der Waals surface area contributed by atoms with Gasteiger partial charge in [-0.05, 0) is 45.7 Å². The van der Waals surface area contributed by atoms with Gasteiger partial charge in [-0.3, -0.25) is 4.79 Å². The number of carbonyl (C=O) groups is 1. The zero-order valence-electron chi connectivity index (χ0n) is 15.1. The first-order chi connectivity index (χ1) is 13.1. The van der Waals surface area contributed by atoms with Crippen molar-refractivity contribution in [3.05, 3.63) is 84.4 Å². The van der Waals surface area contributed by atoms with Crippen LogP contribution < -0.4 is 0 Å². The molecule has 2 heteroatoms. The van der Waals surface area contributed by atoms with Crippen molar-refractivity contribution in [1.29, 1.82) is 0 Å². The number of thiophene rings is 1. The van der Waals surface area contributed by atoms with E-state index in [4.69, 9.17) is 0 Å². The van der Waals surface area contributed by atoms with Gasteiger partial charge < -0.3 is 0 Å². The smallest absolute Gasteiger partial charge is 0.162 e. The largest absolute Gasteiger partial charge is 0.294 e. The third-order valence-electron chi connectivity index (χ3n) is 5.26. The summed E-state index contributed by atoms with van der Waals surface area (Å²) in [6.07, 6.45) is 0.404. The first-order valence-electron chi connectivity index (χ1n) is 9.07. The van der Waals surface area contributed by atoms with Crippen LogP contribution in [0.1, 0.15) is 12.5 Å². The van der Waals surface area contributed by atoms with E-state index in [-0.39, 0.29) is 5.78 Å². The second-order valence-corrected chi connectivity index (χ2v) is 8.13. The summed E-state index contributed by atoms with van der Waals surface area (Å²) in [5.74, 6) is 0.105. The predicted molar refractivity (Wildman–Crippen MR) is 118 cm³/mol. The van der Waals surface area contributed by atoms with Crippen molar-refractivity contribution in [2.24, 2.45) is 0 Å². The molecule has 0 spiro atoms. The maximum Gasteiger partial charge on any atom is 0.162 e. The number of carbonyl (C=O) groups excluding carboxylic acids is 1. The Labute approximate surface area is 161 Å². The van der Waals surface area contributed by atoms with Gasteiger partial charge in [0.2, 0.25) is 0 Å². The molecule has 0 aliphatic rings. The molecule has 0 unspecified atom stereocenters. The van der Waals surface area contributed by atoms with Crippen molar-refractivity contribution in [3.8, 4) is 0 Å². The van der Waals surface area contributed by atoms with Gasteiger partial charge in [0.1, 0.15) is 0 Å². The first kappa shape index (κ1) is 16.2. The summed E-state index contributed by atoms with van der Waals surface area (Å²) < 4.78 is 2.51. The Morgan fingerprint density at radius 2 is 1.56 bits per heavy atom. The average molecular weight is 366 g/mol. The summed E-state index contributed by atoms with van der Waals surface area (Å²) in [6.45, 7) is 5.62. The predicted octanol–water partition coefficient (Wildman–Crippen LogP) is 7.05. The highest BCUT2D eigenvalue weighted by Crippen LogP contribution is 2.43. The van der Waals surface area contributed by atoms with Crippen LogP contribution in [0.3, 0.4) is 0 Å². The molecule has 0 aliphatic carbocycles. The third-order valence-corrected chi connectivity index (χ3v) is 6.57. The van der Waals surface area contributed by atoms with Crippen molar-refractivity contribution < 1.29 is 4.79 Å². The highest BCUT2D eigenvalue weighted by atomic mass is 32.1. The molecule has 1 nitrogen and oxygen atoms in total. The second-order valence-electron chi connectivity index (χ2n) is 7.11. The minimum Gasteiger partial charge on any atom is -0.294 e. The van der Waals surface area contributed by atoms with E-state index in [0.717, 1.165) is 5.56 Å². The number of rotatable bonds is 3. The molecule has 0 N–H and O–H groups in total. The summed E-state index contributed by atoms with van der Waals surface area (Å²) in [5.41, 5.74) is 1.71. The summed E-state index contributed by atoms with van der Waals surface area (Å²) in [6, 6.07) is 23.6. The van der Waals surface area contributed by atoms with Crippen molar-refractivity contribution in [3.63, 3.8) is 0 Å². The molecular weight excluding hydrogens is 348 g/mol. The van der Waals surface area contributed by atoms with Gasteiger partial charge in [-0.15, -0.1) is 11.3 Å². The Morgan fingerprint density at radius 3 is 2.33 bits per heavy atom. The molecule has 0 saturated carbocycles. The molecule has 0 atom stereocenters. The van der Waals surface area contributed by atoms with Crippen LogP contribution in [0.15, 0.2) is 78.9 Å². The van der Waals surface area contributed by atoms with Gasteiger partial charge in [-0.2, -0.15) is 0 Å². The molecule has 5 aromatic rings. The van der Waals surface area contributed by atoms with E-state index in [2.05, 4.69) is 73.3 Å². The van der Waals surface area contributed by atoms with Gasteiger partial charge in [0, 0.05) is 26.6 Å². The van der Waals surface area contributed by atoms with Crippen LogP contribution >= 0.6 is 11.3 Å². The minimum absolute atomic E-state index is 0.105. The molecule has 1 aromatic heterocycles. The third kappa shape index (κ3) is 2.48. The summed E-state index contributed by atoms with van der Waals surface area (Å²) >= 11 is 1.80. The van der Waals surface area contributed by atoms with Crippen LogP contribution in [0.4, 0.5) is 0 Å². The van der Waals surface area contributed by atoms with Crippen LogP contribution in [0.25, 0.3) is 41.7 Å². The fourth-order valence-electron chi connectivity index (χ4n) is 3.88. The van der Waals surface area contributed by atoms with Crippen LogP contribution in [-0.4, -0.2) is 5.78 Å². The van der Waals surface area contributed by atoms with E-state index in [1.807, 2.05) is 0 Å². The first-order valence-corrected chi connectivity index (χ1v) is 9.88. The highest BCUT2D eigenvalue weighted by molar-refractivity contribution is 7.27. The number of Topliss-reactive ketones (excluding diaryl/α,β-unsaturated/α-hetero) is 1. The van der Waals surface area contributed by atoms with Gasteiger partial charge in [-0.1, -0.05) is 67.2 Å². The molecule has 1 heterocycles. The standard InChI is InChI=1S/C25H18OS/c1-15(2)22(26)14-18-13-17-8-4-5-9-19(17)23-21-12-11-16-7-3-6-10-20(16)25(21)27-24(18)23/h3-13H,1,14H2,2H3. The summed E-state index contributed by atoms with van der Waals surface area (Å²) in [7, 11) is 0. The molecule has 27 heavy (non-hydrogen) atoms. The van der Waals surface area contributed by atoms with Gasteiger partial charge in [0.15, 0.2) is 5.78 Å². The fourth-order valence-corrected chi connectivity index (χ4v) is 5.24. The molecule has 0 radical (unpaired) electrons. The van der Waals surface area contributed by atoms with Gasteiger partial charge in [0.05, 0.1) is 0 Å². The van der Waals surface area contributed by atoms with Crippen LogP contribution in [0, 0.1) is 0 Å². The van der Waals surface area contributed by atoms with Gasteiger partial charge in [-0.25, -0.2) is 0 Å². The van der Waals surface area contributed by atoms with E-state index < -0.39 is 0 Å². The van der Waals surface area contributed by atoms with Crippen LogP contribution in [0.2, 0.25) is 0 Å². The van der Waals surface area contributed by atoms with E-state index in [1.165, 1.54) is 41.7 Å². The normalized spacial score (nSPS) is 11.6. The van der Waals surface area contributed by atoms with Crippen LogP contribution in [0.5, 0.6) is 0 Å². The quantitative estimate of drug-likeness (QED) is 0.313. The van der Waals surface area contributed by atoms with Gasteiger partial charge >= 0.3 is 0 Å². The molecular formula is C25H18OS. The van der Waals surface area contributed by atoms with Crippen molar-refractivity contribution in [1.82, 2.24) is 0 Å². The highest BCUT2D eigenvalue weighted by Gasteiger charge is 2.16. The van der Waals surface area contributed by atoms with Gasteiger partial charge in [0.25, 0.3) is 0 Å². The summed E-state index contributed by atoms with van der Waals surface area (Å²) in [5, 5.41) is 7.50. The Hall–Kier alpha value is -2.97. The lowest BCUT2D eigenvalue weighted by molar-refractivity contribution is -0.114. The minimum atomic E-state index is 0.105. The molecule has 130 valence electrons. The monoisotopic (exact) mass is 366 g/mol. The number of benzene rings is 4. The Kier molecular flexibility index (Phi) is 3.63. The number of allylic oxidation sites excluding steroid dienone is 1. The average Bonchev–Trinajstić information content (AvgIpc) is 3.08. The molecule has 4 aromatic carbocycles. The zero-order chi connectivity index (χ0) is 18.5. The van der Waals surface area contributed by atoms with E-state index in [0.29, 0.717) is 12.0 Å². The molecule has 0 fully saturated rings. The van der Waals surface area contributed by atoms with Crippen molar-refractivity contribution in [2.75, 3.05) is 0 Å². The lowest BCUT2D eigenvalue weighted by Crippen LogP contribution is -2.03. The van der Waals surface area contributed by atoms with E-state index in [1.54, 1.807) is 18.3 Å². The topological polar surface area (TPSA) is 17.1 Å². The molecule has 0 amide bonds. The zero-order valence-corrected chi connectivity index (χ0v) is 15.9. The Bertz CT molecular complexity index is 1390. The Balaban J connectivity index is 1.96. The molecule has 0 aliphatic heterocycles. The lowest BCUT2D eigenvalue weighted by atomic mass is 9.96. The number of hydrogen-bond acceptors (Lipinski definition) is 2. The second kappa shape index (κ2) is 6.04. The number of ketones is 1. The maximum atomic E-state index is 12.4. The summed E-state index contributed by atoms with van der Waals surface area (Å²) in [4.78, 5) is 12.4. The number of fused-ring (bicyclic) bond motifs is 7. The Morgan fingerprint density at radius 1 is 0.852 bits per heavy atom. The molecule has 0 saturated heterocycles. The van der Waals surface area contributed by atoms with E-state index >= 15 is 0 Å². The molecule has 0 bridgehead atoms. The van der Waals surface area contributed by atoms with Crippen molar-refractivity contribution >= 4 is 58.8 Å². The number of hydrogen-bond donors (Lipinski definition) is 0. The van der Waals surface area contributed by atoms with Crippen molar-refractivity contribution in [2.45, 2.75) is 13.3 Å². The van der Waals surface area contributed by atoms with E-state index in [9.17, 15) is 4.79 Å². The fraction of sp³-hybridized carbons (Fsp3) is 0.0800. The SMILES string of the molecule is C=C(C)C(=O)Cc1cc2ccccc2c2c1sc1c3ccccc3ccc12. The lowest BCUT2D eigenvalue weighted by Gasteiger charge is -2.07. The maximum absolute atomic E-state index is 12.4.